The molecule has 0 spiro atoms. The van der Waals surface area contributed by atoms with Crippen molar-refractivity contribution in [1.82, 2.24) is 9.38 Å². The van der Waals surface area contributed by atoms with Crippen LogP contribution in [0, 0.1) is 6.92 Å². The highest BCUT2D eigenvalue weighted by Gasteiger charge is 2.15. The van der Waals surface area contributed by atoms with E-state index in [0.29, 0.717) is 6.42 Å². The van der Waals surface area contributed by atoms with Gasteiger partial charge in [-0.05, 0) is 18.6 Å². The Balaban J connectivity index is 1.83. The Morgan fingerprint density at radius 2 is 2.47 bits per heavy atom. The molecule has 3 rings (SSSR count). The molecule has 0 aromatic carbocycles. The SMILES string of the molecule is Cc1ccoc1C(N)Cc1cn2ccsc2n1. The van der Waals surface area contributed by atoms with Gasteiger partial charge in [0.15, 0.2) is 4.96 Å². The molecule has 3 heterocycles. The molecule has 0 saturated carbocycles. The minimum Gasteiger partial charge on any atom is -0.467 e. The first-order valence-electron chi connectivity index (χ1n) is 5.44. The highest BCUT2D eigenvalue weighted by atomic mass is 32.1. The predicted octanol–water partition coefficient (Wildman–Crippen LogP) is 2.54. The van der Waals surface area contributed by atoms with Crippen LogP contribution in [0.3, 0.4) is 0 Å². The van der Waals surface area contributed by atoms with Crippen molar-refractivity contribution < 1.29 is 4.42 Å². The van der Waals surface area contributed by atoms with E-state index in [4.69, 9.17) is 10.2 Å². The Kier molecular flexibility index (Phi) is 2.49. The van der Waals surface area contributed by atoms with E-state index in [2.05, 4.69) is 4.98 Å². The number of furan rings is 1. The molecule has 0 bridgehead atoms. The number of hydrogen-bond acceptors (Lipinski definition) is 4. The van der Waals surface area contributed by atoms with Crippen LogP contribution in [0.25, 0.3) is 4.96 Å². The summed E-state index contributed by atoms with van der Waals surface area (Å²) in [6, 6.07) is 1.80. The molecule has 88 valence electrons. The lowest BCUT2D eigenvalue weighted by Crippen LogP contribution is -2.13. The van der Waals surface area contributed by atoms with Crippen LogP contribution < -0.4 is 5.73 Å². The van der Waals surface area contributed by atoms with Gasteiger partial charge in [-0.1, -0.05) is 0 Å². The molecule has 2 N–H and O–H groups in total. The predicted molar refractivity (Wildman–Crippen MR) is 67.1 cm³/mol. The van der Waals surface area contributed by atoms with E-state index < -0.39 is 0 Å². The van der Waals surface area contributed by atoms with E-state index in [1.165, 1.54) is 0 Å². The third kappa shape index (κ3) is 1.87. The van der Waals surface area contributed by atoms with Gasteiger partial charge in [-0.25, -0.2) is 4.98 Å². The molecule has 3 aromatic heterocycles. The summed E-state index contributed by atoms with van der Waals surface area (Å²) in [4.78, 5) is 5.52. The lowest BCUT2D eigenvalue weighted by molar-refractivity contribution is 0.460. The van der Waals surface area contributed by atoms with Gasteiger partial charge < -0.3 is 10.2 Å². The van der Waals surface area contributed by atoms with Gasteiger partial charge in [-0.2, -0.15) is 0 Å². The van der Waals surface area contributed by atoms with Gasteiger partial charge in [0.25, 0.3) is 0 Å². The van der Waals surface area contributed by atoms with Gasteiger partial charge in [-0.3, -0.25) is 4.40 Å². The molecule has 5 heteroatoms. The second-order valence-electron chi connectivity index (χ2n) is 4.10. The first kappa shape index (κ1) is 10.6. The fourth-order valence-electron chi connectivity index (χ4n) is 1.96. The summed E-state index contributed by atoms with van der Waals surface area (Å²) in [6.07, 6.45) is 6.39. The van der Waals surface area contributed by atoms with Crippen molar-refractivity contribution in [2.75, 3.05) is 0 Å². The Hall–Kier alpha value is -1.59. The van der Waals surface area contributed by atoms with Crippen molar-refractivity contribution in [1.29, 1.82) is 0 Å². The zero-order chi connectivity index (χ0) is 11.8. The third-order valence-corrected chi connectivity index (χ3v) is 3.58. The topological polar surface area (TPSA) is 56.5 Å². The summed E-state index contributed by atoms with van der Waals surface area (Å²) in [6.45, 7) is 2.00. The molecule has 0 aliphatic rings. The van der Waals surface area contributed by atoms with Crippen LogP contribution in [0.5, 0.6) is 0 Å². The molecule has 0 radical (unpaired) electrons. The summed E-state index contributed by atoms with van der Waals surface area (Å²) >= 11 is 1.62. The molecule has 3 aromatic rings. The number of aryl methyl sites for hydroxylation is 1. The second kappa shape index (κ2) is 4.01. The standard InChI is InChI=1S/C12H13N3OS/c1-8-2-4-16-11(8)10(13)6-9-7-15-3-5-17-12(15)14-9/h2-5,7,10H,6,13H2,1H3. The van der Waals surface area contributed by atoms with Crippen LogP contribution in [0.15, 0.2) is 34.5 Å². The number of rotatable bonds is 3. The van der Waals surface area contributed by atoms with Crippen LogP contribution in [0.4, 0.5) is 0 Å². The Bertz CT molecular complexity index is 608. The monoisotopic (exact) mass is 247 g/mol. The molecule has 1 unspecified atom stereocenters. The van der Waals surface area contributed by atoms with Crippen LogP contribution >= 0.6 is 11.3 Å². The normalized spacial score (nSPS) is 13.3. The third-order valence-electron chi connectivity index (χ3n) is 2.81. The Morgan fingerprint density at radius 1 is 1.59 bits per heavy atom. The number of aromatic nitrogens is 2. The van der Waals surface area contributed by atoms with E-state index in [1.807, 2.05) is 35.2 Å². The van der Waals surface area contributed by atoms with Crippen molar-refractivity contribution in [3.8, 4) is 0 Å². The first-order chi connectivity index (χ1) is 8.24. The molecule has 1 atom stereocenters. The van der Waals surface area contributed by atoms with Crippen LogP contribution in [-0.4, -0.2) is 9.38 Å². The van der Waals surface area contributed by atoms with E-state index in [9.17, 15) is 0 Å². The first-order valence-corrected chi connectivity index (χ1v) is 6.32. The van der Waals surface area contributed by atoms with E-state index in [-0.39, 0.29) is 6.04 Å². The van der Waals surface area contributed by atoms with Gasteiger partial charge in [0.2, 0.25) is 0 Å². The summed E-state index contributed by atoms with van der Waals surface area (Å²) in [5.74, 6) is 0.848. The number of nitrogens with zero attached hydrogens (tertiary/aromatic N) is 2. The van der Waals surface area contributed by atoms with E-state index in [1.54, 1.807) is 17.6 Å². The molecular weight excluding hydrogens is 234 g/mol. The molecule has 0 aliphatic carbocycles. The summed E-state index contributed by atoms with van der Waals surface area (Å²) in [5, 5.41) is 2.02. The number of hydrogen-bond donors (Lipinski definition) is 1. The maximum absolute atomic E-state index is 6.12. The van der Waals surface area contributed by atoms with E-state index in [0.717, 1.165) is 22.0 Å². The Labute approximate surface area is 103 Å². The largest absolute Gasteiger partial charge is 0.467 e. The molecule has 0 amide bonds. The fraction of sp³-hybridized carbons (Fsp3) is 0.250. The van der Waals surface area contributed by atoms with Crippen molar-refractivity contribution in [3.05, 3.63) is 47.1 Å². The van der Waals surface area contributed by atoms with Gasteiger partial charge in [0, 0.05) is 24.2 Å². The molecule has 4 nitrogen and oxygen atoms in total. The highest BCUT2D eigenvalue weighted by Crippen LogP contribution is 2.21. The van der Waals surface area contributed by atoms with Gasteiger partial charge in [-0.15, -0.1) is 11.3 Å². The molecule has 17 heavy (non-hydrogen) atoms. The number of imidazole rings is 1. The van der Waals surface area contributed by atoms with Gasteiger partial charge >= 0.3 is 0 Å². The van der Waals surface area contributed by atoms with Crippen LogP contribution in [-0.2, 0) is 6.42 Å². The molecule has 0 fully saturated rings. The maximum Gasteiger partial charge on any atom is 0.193 e. The van der Waals surface area contributed by atoms with Crippen molar-refractivity contribution in [2.24, 2.45) is 5.73 Å². The van der Waals surface area contributed by atoms with Crippen LogP contribution in [0.1, 0.15) is 23.1 Å². The number of fused-ring (bicyclic) bond motifs is 1. The van der Waals surface area contributed by atoms with Crippen molar-refractivity contribution in [2.45, 2.75) is 19.4 Å². The highest BCUT2D eigenvalue weighted by molar-refractivity contribution is 7.15. The van der Waals surface area contributed by atoms with Gasteiger partial charge in [0.05, 0.1) is 18.0 Å². The fourth-order valence-corrected chi connectivity index (χ4v) is 2.68. The summed E-state index contributed by atoms with van der Waals surface area (Å²) in [7, 11) is 0. The smallest absolute Gasteiger partial charge is 0.193 e. The zero-order valence-electron chi connectivity index (χ0n) is 9.46. The maximum atomic E-state index is 6.12. The number of thiazole rings is 1. The summed E-state index contributed by atoms with van der Waals surface area (Å²) < 4.78 is 7.41. The second-order valence-corrected chi connectivity index (χ2v) is 4.98. The average Bonchev–Trinajstić information content (AvgIpc) is 2.92. The quantitative estimate of drug-likeness (QED) is 0.773. The lowest BCUT2D eigenvalue weighted by Gasteiger charge is -2.07. The van der Waals surface area contributed by atoms with Crippen LogP contribution in [0.2, 0.25) is 0 Å². The van der Waals surface area contributed by atoms with Crippen molar-refractivity contribution in [3.63, 3.8) is 0 Å². The molecule has 0 saturated heterocycles. The lowest BCUT2D eigenvalue weighted by atomic mass is 10.1. The zero-order valence-corrected chi connectivity index (χ0v) is 10.3. The summed E-state index contributed by atoms with van der Waals surface area (Å²) in [5.41, 5.74) is 8.22. The van der Waals surface area contributed by atoms with Crippen molar-refractivity contribution >= 4 is 16.3 Å². The minimum atomic E-state index is -0.130. The van der Waals surface area contributed by atoms with Gasteiger partial charge in [0.1, 0.15) is 5.76 Å². The molecular formula is C12H13N3OS. The number of nitrogens with two attached hydrogens (primary N) is 1. The average molecular weight is 247 g/mol. The minimum absolute atomic E-state index is 0.130. The Morgan fingerprint density at radius 3 is 3.18 bits per heavy atom. The van der Waals surface area contributed by atoms with E-state index >= 15 is 0 Å². The molecule has 0 aliphatic heterocycles.